The summed E-state index contributed by atoms with van der Waals surface area (Å²) in [6, 6.07) is -1.69. The van der Waals surface area contributed by atoms with E-state index in [0.29, 0.717) is 0 Å². The van der Waals surface area contributed by atoms with Crippen LogP contribution in [0.15, 0.2) is 0 Å². The Morgan fingerprint density at radius 2 is 1.71 bits per heavy atom. The molecule has 2 atom stereocenters. The van der Waals surface area contributed by atoms with Crippen LogP contribution in [0.1, 0.15) is 34.1 Å². The maximum Gasteiger partial charge on any atom is 0.408 e. The molecule has 0 fully saturated rings. The predicted octanol–water partition coefficient (Wildman–Crippen LogP) is 2.38. The van der Waals surface area contributed by atoms with E-state index in [1.807, 2.05) is 0 Å². The second-order valence-corrected chi connectivity index (χ2v) is 6.00. The monoisotopic (exact) mass is 231 g/mol. The van der Waals surface area contributed by atoms with Crippen molar-refractivity contribution in [3.63, 3.8) is 0 Å². The van der Waals surface area contributed by atoms with E-state index in [-0.39, 0.29) is 6.42 Å². The fourth-order valence-corrected chi connectivity index (χ4v) is 1.60. The lowest BCUT2D eigenvalue weighted by Crippen LogP contribution is -2.50. The van der Waals surface area contributed by atoms with Crippen molar-refractivity contribution in [3.8, 4) is 0 Å². The van der Waals surface area contributed by atoms with Crippen molar-refractivity contribution in [1.29, 1.82) is 0 Å². The maximum atomic E-state index is 12.3. The largest absolute Gasteiger partial charge is 0.598 e. The average Bonchev–Trinajstić information content (AvgIpc) is 1.95. The summed E-state index contributed by atoms with van der Waals surface area (Å²) < 4.78 is 49.6. The fourth-order valence-electron chi connectivity index (χ4n) is 0.688. The average molecular weight is 231 g/mol. The summed E-state index contributed by atoms with van der Waals surface area (Å²) in [6.07, 6.45) is -4.46. The first-order chi connectivity index (χ1) is 6.09. The molecule has 0 aliphatic carbocycles. The zero-order chi connectivity index (χ0) is 11.6. The van der Waals surface area contributed by atoms with Crippen molar-refractivity contribution in [1.82, 2.24) is 4.72 Å². The minimum absolute atomic E-state index is 0.120. The smallest absolute Gasteiger partial charge is 0.408 e. The molecule has 0 aromatic heterocycles. The second-order valence-electron chi connectivity index (χ2n) is 4.00. The molecule has 2 nitrogen and oxygen atoms in total. The minimum atomic E-state index is -4.34. The van der Waals surface area contributed by atoms with Gasteiger partial charge in [-0.2, -0.15) is 13.2 Å². The third-order valence-electron chi connectivity index (χ3n) is 1.61. The van der Waals surface area contributed by atoms with Gasteiger partial charge in [0.2, 0.25) is 0 Å². The Labute approximate surface area is 85.6 Å². The molecular weight excluding hydrogens is 215 g/mol. The van der Waals surface area contributed by atoms with Gasteiger partial charge < -0.3 is 4.55 Å². The molecule has 0 aromatic carbocycles. The summed E-state index contributed by atoms with van der Waals surface area (Å²) in [5.41, 5.74) is 0. The molecule has 0 radical (unpaired) electrons. The molecule has 0 saturated heterocycles. The Kier molecular flexibility index (Phi) is 4.74. The van der Waals surface area contributed by atoms with Crippen LogP contribution in [0.4, 0.5) is 13.2 Å². The van der Waals surface area contributed by atoms with Crippen LogP contribution in [0.5, 0.6) is 0 Å². The van der Waals surface area contributed by atoms with Gasteiger partial charge in [0, 0.05) is 11.4 Å². The van der Waals surface area contributed by atoms with Gasteiger partial charge in [0.15, 0.2) is 0 Å². The van der Waals surface area contributed by atoms with Crippen LogP contribution in [-0.2, 0) is 11.4 Å². The molecule has 14 heavy (non-hydrogen) atoms. The Hall–Kier alpha value is 0.0600. The van der Waals surface area contributed by atoms with Gasteiger partial charge >= 0.3 is 6.18 Å². The molecule has 0 saturated carbocycles. The molecule has 0 unspecified atom stereocenters. The van der Waals surface area contributed by atoms with E-state index in [0.717, 1.165) is 0 Å². The Morgan fingerprint density at radius 1 is 1.29 bits per heavy atom. The van der Waals surface area contributed by atoms with E-state index in [1.54, 1.807) is 20.8 Å². The number of nitrogens with one attached hydrogen (secondary N) is 1. The number of alkyl halides is 3. The van der Waals surface area contributed by atoms with Gasteiger partial charge in [-0.3, -0.25) is 0 Å². The van der Waals surface area contributed by atoms with E-state index in [2.05, 4.69) is 4.72 Å². The summed E-state index contributed by atoms with van der Waals surface area (Å²) in [4.78, 5) is 0. The quantitative estimate of drug-likeness (QED) is 0.757. The summed E-state index contributed by atoms with van der Waals surface area (Å²) in [5.74, 6) is 0. The highest BCUT2D eigenvalue weighted by Crippen LogP contribution is 2.25. The molecule has 6 heteroatoms. The lowest BCUT2D eigenvalue weighted by molar-refractivity contribution is -0.151. The maximum absolute atomic E-state index is 12.3. The molecule has 0 aromatic rings. The molecule has 0 aliphatic heterocycles. The second kappa shape index (κ2) is 4.72. The van der Waals surface area contributed by atoms with Gasteiger partial charge in [0.25, 0.3) is 0 Å². The van der Waals surface area contributed by atoms with Crippen LogP contribution in [-0.4, -0.2) is 21.5 Å². The lowest BCUT2D eigenvalue weighted by Gasteiger charge is -2.28. The Balaban J connectivity index is 4.34. The first-order valence-electron chi connectivity index (χ1n) is 4.33. The van der Waals surface area contributed by atoms with Crippen LogP contribution in [0.25, 0.3) is 0 Å². The minimum Gasteiger partial charge on any atom is -0.598 e. The molecule has 0 aliphatic rings. The van der Waals surface area contributed by atoms with Gasteiger partial charge in [-0.05, 0) is 27.2 Å². The van der Waals surface area contributed by atoms with E-state index >= 15 is 0 Å². The summed E-state index contributed by atoms with van der Waals surface area (Å²) in [5, 5.41) is 0. The number of hydrogen-bond donors (Lipinski definition) is 1. The number of rotatable bonds is 3. The van der Waals surface area contributed by atoms with Gasteiger partial charge in [-0.25, -0.2) is 0 Å². The standard InChI is InChI=1S/C8H16F3NOS/c1-5-6(8(9,10)11)12-14(13)7(2,3)4/h6,12H,5H2,1-4H3/t6-,14+/m0/s1. The highest BCUT2D eigenvalue weighted by molar-refractivity contribution is 7.90. The van der Waals surface area contributed by atoms with E-state index in [1.165, 1.54) is 6.92 Å². The topological polar surface area (TPSA) is 35.1 Å². The zero-order valence-electron chi connectivity index (χ0n) is 8.73. The van der Waals surface area contributed by atoms with Crippen LogP contribution < -0.4 is 4.72 Å². The molecule has 1 N–H and O–H groups in total. The summed E-state index contributed by atoms with van der Waals surface area (Å²) >= 11 is -1.68. The highest BCUT2D eigenvalue weighted by Gasteiger charge is 2.43. The fraction of sp³-hybridized carbons (Fsp3) is 1.00. The van der Waals surface area contributed by atoms with Gasteiger partial charge in [0.05, 0.1) is 0 Å². The third kappa shape index (κ3) is 4.52. The SMILES string of the molecule is CC[C@H](N[S@+]([O-])C(C)(C)C)C(F)(F)F. The molecule has 0 bridgehead atoms. The van der Waals surface area contributed by atoms with Crippen LogP contribution in [0.2, 0.25) is 0 Å². The van der Waals surface area contributed by atoms with Crippen molar-refractivity contribution < 1.29 is 17.7 Å². The zero-order valence-corrected chi connectivity index (χ0v) is 9.55. The van der Waals surface area contributed by atoms with Gasteiger partial charge in [-0.1, -0.05) is 6.92 Å². The van der Waals surface area contributed by atoms with Gasteiger partial charge in [0.1, 0.15) is 10.8 Å². The molecule has 86 valence electrons. The van der Waals surface area contributed by atoms with E-state index in [4.69, 9.17) is 0 Å². The van der Waals surface area contributed by atoms with Crippen molar-refractivity contribution in [3.05, 3.63) is 0 Å². The van der Waals surface area contributed by atoms with Crippen LogP contribution in [0.3, 0.4) is 0 Å². The molecule has 0 amide bonds. The van der Waals surface area contributed by atoms with Crippen LogP contribution >= 0.6 is 0 Å². The highest BCUT2D eigenvalue weighted by atomic mass is 32.2. The Bertz CT molecular complexity index is 178. The Morgan fingerprint density at radius 3 is 1.93 bits per heavy atom. The van der Waals surface area contributed by atoms with Gasteiger partial charge in [-0.15, -0.1) is 4.72 Å². The molecule has 0 spiro atoms. The van der Waals surface area contributed by atoms with Crippen molar-refractivity contribution >= 4 is 11.4 Å². The first-order valence-corrected chi connectivity index (χ1v) is 5.48. The van der Waals surface area contributed by atoms with Crippen molar-refractivity contribution in [2.24, 2.45) is 0 Å². The van der Waals surface area contributed by atoms with E-state index < -0.39 is 28.3 Å². The van der Waals surface area contributed by atoms with Crippen molar-refractivity contribution in [2.45, 2.75) is 51.1 Å². The van der Waals surface area contributed by atoms with Crippen LogP contribution in [0, 0.1) is 0 Å². The number of halogens is 3. The third-order valence-corrected chi connectivity index (χ3v) is 3.22. The summed E-state index contributed by atoms with van der Waals surface area (Å²) in [6.45, 7) is 6.28. The normalized spacial score (nSPS) is 18.0. The first kappa shape index (κ1) is 14.1. The predicted molar refractivity (Wildman–Crippen MR) is 51.2 cm³/mol. The lowest BCUT2D eigenvalue weighted by atomic mass is 10.2. The van der Waals surface area contributed by atoms with Crippen molar-refractivity contribution in [2.75, 3.05) is 0 Å². The summed E-state index contributed by atoms with van der Waals surface area (Å²) in [7, 11) is 0. The molecular formula is C8H16F3NOS. The number of hydrogen-bond acceptors (Lipinski definition) is 2. The molecule has 0 rings (SSSR count). The molecule has 0 heterocycles. The van der Waals surface area contributed by atoms with E-state index in [9.17, 15) is 17.7 Å².